The van der Waals surface area contributed by atoms with Crippen LogP contribution in [0.2, 0.25) is 0 Å². The van der Waals surface area contributed by atoms with Gasteiger partial charge in [-0.05, 0) is 49.4 Å². The van der Waals surface area contributed by atoms with Gasteiger partial charge in [-0.15, -0.1) is 0 Å². The highest BCUT2D eigenvalue weighted by Gasteiger charge is 2.21. The fraction of sp³-hybridized carbons (Fsp3) is 0.150. The maximum atomic E-state index is 13.0. The number of nitrogens with one attached hydrogen (secondary N) is 2. The number of hydrogen-bond acceptors (Lipinski definition) is 6. The van der Waals surface area contributed by atoms with Gasteiger partial charge < -0.3 is 14.5 Å². The summed E-state index contributed by atoms with van der Waals surface area (Å²) in [5.41, 5.74) is 1.90. The second kappa shape index (κ2) is 8.18. The molecule has 0 bridgehead atoms. The molecule has 1 aromatic heterocycles. The van der Waals surface area contributed by atoms with Crippen molar-refractivity contribution in [3.05, 3.63) is 77.7 Å². The van der Waals surface area contributed by atoms with Gasteiger partial charge in [0.05, 0.1) is 31.2 Å². The second-order valence-electron chi connectivity index (χ2n) is 6.11. The normalized spacial score (nSPS) is 11.1. The Morgan fingerprint density at radius 3 is 2.50 bits per heavy atom. The van der Waals surface area contributed by atoms with Crippen LogP contribution in [0.3, 0.4) is 0 Å². The number of hydrogen-bond donors (Lipinski definition) is 2. The molecule has 2 aromatic carbocycles. The molecule has 0 aliphatic heterocycles. The van der Waals surface area contributed by atoms with Crippen LogP contribution < -0.4 is 10.0 Å². The van der Waals surface area contributed by atoms with Gasteiger partial charge in [-0.3, -0.25) is 4.72 Å². The molecule has 0 aliphatic carbocycles. The van der Waals surface area contributed by atoms with E-state index in [9.17, 15) is 13.2 Å². The zero-order valence-corrected chi connectivity index (χ0v) is 16.2. The summed E-state index contributed by atoms with van der Waals surface area (Å²) in [5, 5.41) is 3.04. The molecule has 3 rings (SSSR count). The number of methoxy groups -OCH3 is 1. The first-order valence-corrected chi connectivity index (χ1v) is 9.95. The highest BCUT2D eigenvalue weighted by Crippen LogP contribution is 2.26. The third kappa shape index (κ3) is 4.52. The van der Waals surface area contributed by atoms with E-state index in [0.29, 0.717) is 17.1 Å². The van der Waals surface area contributed by atoms with Crippen LogP contribution in [-0.2, 0) is 21.3 Å². The lowest BCUT2D eigenvalue weighted by molar-refractivity contribution is 0.0600. The lowest BCUT2D eigenvalue weighted by atomic mass is 10.2. The quantitative estimate of drug-likeness (QED) is 0.586. The topological polar surface area (TPSA) is 97.6 Å². The summed E-state index contributed by atoms with van der Waals surface area (Å²) in [6.07, 6.45) is 1.54. The van der Waals surface area contributed by atoms with E-state index < -0.39 is 16.0 Å². The molecule has 8 heteroatoms. The van der Waals surface area contributed by atoms with E-state index in [1.54, 1.807) is 36.4 Å². The number of benzene rings is 2. The minimum atomic E-state index is -3.96. The van der Waals surface area contributed by atoms with Gasteiger partial charge in [0.15, 0.2) is 0 Å². The van der Waals surface area contributed by atoms with Crippen LogP contribution in [0.4, 0.5) is 11.4 Å². The average molecular weight is 400 g/mol. The molecule has 1 heterocycles. The third-order valence-electron chi connectivity index (χ3n) is 4.03. The van der Waals surface area contributed by atoms with Gasteiger partial charge in [-0.2, -0.15) is 0 Å². The Balaban J connectivity index is 1.96. The number of carbonyl (C=O) groups excluding carboxylic acids is 1. The number of esters is 1. The molecule has 146 valence electrons. The van der Waals surface area contributed by atoms with Crippen molar-refractivity contribution >= 4 is 27.4 Å². The number of furan rings is 1. The summed E-state index contributed by atoms with van der Waals surface area (Å²) in [6.45, 7) is 2.20. The standard InChI is InChI=1S/C20H20N2O5S/c1-14-5-8-16(9-6-14)22-28(24,25)19-12-15(20(23)26-2)7-10-18(19)21-13-17-4-3-11-27-17/h3-12,21-22H,13H2,1-2H3. The molecule has 0 aliphatic rings. The molecule has 0 spiro atoms. The van der Waals surface area contributed by atoms with E-state index in [1.165, 1.54) is 31.6 Å². The molecule has 0 amide bonds. The number of rotatable bonds is 7. The molecule has 7 nitrogen and oxygen atoms in total. The van der Waals surface area contributed by atoms with Crippen LogP contribution in [0.5, 0.6) is 0 Å². The van der Waals surface area contributed by atoms with Crippen LogP contribution in [0.1, 0.15) is 21.7 Å². The van der Waals surface area contributed by atoms with Gasteiger partial charge in [0.25, 0.3) is 10.0 Å². The van der Waals surface area contributed by atoms with E-state index in [2.05, 4.69) is 10.0 Å². The number of sulfonamides is 1. The van der Waals surface area contributed by atoms with Crippen LogP contribution >= 0.6 is 0 Å². The van der Waals surface area contributed by atoms with Gasteiger partial charge in [0.2, 0.25) is 0 Å². The van der Waals surface area contributed by atoms with Gasteiger partial charge in [-0.25, -0.2) is 13.2 Å². The Labute approximate surface area is 163 Å². The van der Waals surface area contributed by atoms with Crippen LogP contribution in [-0.4, -0.2) is 21.5 Å². The number of ether oxygens (including phenoxy) is 1. The largest absolute Gasteiger partial charge is 0.467 e. The van der Waals surface area contributed by atoms with Crippen molar-refractivity contribution < 1.29 is 22.4 Å². The fourth-order valence-electron chi connectivity index (χ4n) is 2.56. The van der Waals surface area contributed by atoms with Crippen molar-refractivity contribution in [3.63, 3.8) is 0 Å². The minimum absolute atomic E-state index is 0.0671. The van der Waals surface area contributed by atoms with Crippen molar-refractivity contribution in [2.45, 2.75) is 18.4 Å². The maximum absolute atomic E-state index is 13.0. The molecule has 0 unspecified atom stereocenters. The van der Waals surface area contributed by atoms with Gasteiger partial charge in [0.1, 0.15) is 10.7 Å². The van der Waals surface area contributed by atoms with Gasteiger partial charge >= 0.3 is 5.97 Å². The highest BCUT2D eigenvalue weighted by molar-refractivity contribution is 7.92. The van der Waals surface area contributed by atoms with Crippen LogP contribution in [0, 0.1) is 6.92 Å². The molecule has 3 aromatic rings. The zero-order chi connectivity index (χ0) is 20.1. The fourth-order valence-corrected chi connectivity index (χ4v) is 3.83. The average Bonchev–Trinajstić information content (AvgIpc) is 3.21. The summed E-state index contributed by atoms with van der Waals surface area (Å²) in [5.74, 6) is 0.0243. The minimum Gasteiger partial charge on any atom is -0.467 e. The lowest BCUT2D eigenvalue weighted by Crippen LogP contribution is -2.16. The SMILES string of the molecule is COC(=O)c1ccc(NCc2ccco2)c(S(=O)(=O)Nc2ccc(C)cc2)c1. The van der Waals surface area contributed by atoms with E-state index >= 15 is 0 Å². The lowest BCUT2D eigenvalue weighted by Gasteiger charge is -2.15. The Morgan fingerprint density at radius 2 is 1.86 bits per heavy atom. The van der Waals surface area contributed by atoms with Gasteiger partial charge in [0, 0.05) is 5.69 Å². The number of aryl methyl sites for hydroxylation is 1. The van der Waals surface area contributed by atoms with E-state index in [-0.39, 0.29) is 17.0 Å². The molecule has 0 radical (unpaired) electrons. The predicted octanol–water partition coefficient (Wildman–Crippen LogP) is 3.79. The van der Waals surface area contributed by atoms with Crippen molar-refractivity contribution in [3.8, 4) is 0 Å². The first kappa shape index (κ1) is 19.5. The first-order chi connectivity index (χ1) is 13.4. The molecule has 28 heavy (non-hydrogen) atoms. The van der Waals surface area contributed by atoms with Gasteiger partial charge in [-0.1, -0.05) is 17.7 Å². The summed E-state index contributed by atoms with van der Waals surface area (Å²) >= 11 is 0. The predicted molar refractivity (Wildman–Crippen MR) is 106 cm³/mol. The van der Waals surface area contributed by atoms with E-state index in [1.807, 2.05) is 6.92 Å². The van der Waals surface area contributed by atoms with Crippen molar-refractivity contribution in [2.75, 3.05) is 17.1 Å². The molecule has 0 saturated heterocycles. The summed E-state index contributed by atoms with van der Waals surface area (Å²) in [6, 6.07) is 14.8. The van der Waals surface area contributed by atoms with Crippen LogP contribution in [0.25, 0.3) is 0 Å². The maximum Gasteiger partial charge on any atom is 0.337 e. The number of carbonyl (C=O) groups is 1. The zero-order valence-electron chi connectivity index (χ0n) is 15.4. The monoisotopic (exact) mass is 400 g/mol. The summed E-state index contributed by atoms with van der Waals surface area (Å²) in [7, 11) is -2.72. The highest BCUT2D eigenvalue weighted by atomic mass is 32.2. The second-order valence-corrected chi connectivity index (χ2v) is 7.76. The Hall–Kier alpha value is -3.26. The summed E-state index contributed by atoms with van der Waals surface area (Å²) < 4.78 is 38.5. The molecular formula is C20H20N2O5S. The first-order valence-electron chi connectivity index (χ1n) is 8.47. The van der Waals surface area contributed by atoms with Crippen molar-refractivity contribution in [2.24, 2.45) is 0 Å². The Bertz CT molecular complexity index is 1060. The Morgan fingerprint density at radius 1 is 1.11 bits per heavy atom. The molecular weight excluding hydrogens is 380 g/mol. The van der Waals surface area contributed by atoms with Crippen molar-refractivity contribution in [1.82, 2.24) is 0 Å². The van der Waals surface area contributed by atoms with E-state index in [0.717, 1.165) is 5.56 Å². The molecule has 0 atom stereocenters. The van der Waals surface area contributed by atoms with E-state index in [4.69, 9.17) is 9.15 Å². The molecule has 0 saturated carbocycles. The Kier molecular flexibility index (Phi) is 5.70. The molecule has 0 fully saturated rings. The number of anilines is 2. The van der Waals surface area contributed by atoms with Crippen molar-refractivity contribution in [1.29, 1.82) is 0 Å². The van der Waals surface area contributed by atoms with Crippen LogP contribution in [0.15, 0.2) is 70.2 Å². The molecule has 2 N–H and O–H groups in total. The third-order valence-corrected chi connectivity index (χ3v) is 5.45. The smallest absolute Gasteiger partial charge is 0.337 e. The summed E-state index contributed by atoms with van der Waals surface area (Å²) in [4.78, 5) is 11.8.